The standard InChI is InChI=1S/C21H44/c1-6-8-10-12-13-14-15-17-19-21(4,5)20(3)18-16-11-9-7-2/h20H,6-19H2,1-5H3. The highest BCUT2D eigenvalue weighted by Crippen LogP contribution is 2.35. The SMILES string of the molecule is CCCCCCCCCCC(C)(C)C(C)CCCCCC. The zero-order valence-electron chi connectivity index (χ0n) is 16.0. The van der Waals surface area contributed by atoms with Gasteiger partial charge in [0, 0.05) is 0 Å². The summed E-state index contributed by atoms with van der Waals surface area (Å²) in [6.07, 6.45) is 20.1. The number of rotatable bonds is 15. The summed E-state index contributed by atoms with van der Waals surface area (Å²) in [4.78, 5) is 0. The lowest BCUT2D eigenvalue weighted by atomic mass is 9.74. The molecule has 0 saturated heterocycles. The van der Waals surface area contributed by atoms with Gasteiger partial charge in [-0.2, -0.15) is 0 Å². The van der Waals surface area contributed by atoms with Crippen molar-refractivity contribution >= 4 is 0 Å². The highest BCUT2D eigenvalue weighted by Gasteiger charge is 2.24. The van der Waals surface area contributed by atoms with Crippen LogP contribution in [0.15, 0.2) is 0 Å². The summed E-state index contributed by atoms with van der Waals surface area (Å²) < 4.78 is 0. The van der Waals surface area contributed by atoms with Crippen LogP contribution < -0.4 is 0 Å². The van der Waals surface area contributed by atoms with Crippen LogP contribution in [0.5, 0.6) is 0 Å². The van der Waals surface area contributed by atoms with E-state index in [2.05, 4.69) is 34.6 Å². The van der Waals surface area contributed by atoms with E-state index in [0.717, 1.165) is 5.92 Å². The monoisotopic (exact) mass is 296 g/mol. The Labute approximate surface area is 136 Å². The normalized spacial score (nSPS) is 13.6. The van der Waals surface area contributed by atoms with Crippen LogP contribution in [0.4, 0.5) is 0 Å². The van der Waals surface area contributed by atoms with E-state index >= 15 is 0 Å². The molecule has 0 aromatic heterocycles. The van der Waals surface area contributed by atoms with E-state index in [-0.39, 0.29) is 0 Å². The molecule has 0 heteroatoms. The minimum atomic E-state index is 0.550. The summed E-state index contributed by atoms with van der Waals surface area (Å²) in [7, 11) is 0. The van der Waals surface area contributed by atoms with E-state index in [1.165, 1.54) is 89.9 Å². The van der Waals surface area contributed by atoms with Gasteiger partial charge in [0.1, 0.15) is 0 Å². The maximum Gasteiger partial charge on any atom is -0.0329 e. The third-order valence-electron chi connectivity index (χ3n) is 5.50. The first-order valence-electron chi connectivity index (χ1n) is 10.0. The van der Waals surface area contributed by atoms with E-state index in [0.29, 0.717) is 5.41 Å². The maximum atomic E-state index is 2.50. The molecular weight excluding hydrogens is 252 g/mol. The first-order valence-corrected chi connectivity index (χ1v) is 10.0. The molecule has 0 amide bonds. The summed E-state index contributed by atoms with van der Waals surface area (Å²) in [5.41, 5.74) is 0.550. The minimum absolute atomic E-state index is 0.550. The first kappa shape index (κ1) is 21.0. The smallest absolute Gasteiger partial charge is 0.0329 e. The maximum absolute atomic E-state index is 2.50. The van der Waals surface area contributed by atoms with E-state index in [9.17, 15) is 0 Å². The second kappa shape index (κ2) is 13.6. The molecule has 0 aliphatic heterocycles. The molecule has 0 nitrogen and oxygen atoms in total. The van der Waals surface area contributed by atoms with Crippen molar-refractivity contribution in [3.8, 4) is 0 Å². The predicted octanol–water partition coefficient (Wildman–Crippen LogP) is 8.15. The van der Waals surface area contributed by atoms with Crippen molar-refractivity contribution in [3.05, 3.63) is 0 Å². The molecule has 0 rings (SSSR count). The van der Waals surface area contributed by atoms with Crippen molar-refractivity contribution < 1.29 is 0 Å². The Morgan fingerprint density at radius 1 is 0.619 bits per heavy atom. The molecular formula is C21H44. The zero-order chi connectivity index (χ0) is 16.0. The van der Waals surface area contributed by atoms with E-state index in [4.69, 9.17) is 0 Å². The Morgan fingerprint density at radius 2 is 1.05 bits per heavy atom. The quantitative estimate of drug-likeness (QED) is 0.267. The molecule has 0 saturated carbocycles. The Morgan fingerprint density at radius 3 is 1.57 bits per heavy atom. The van der Waals surface area contributed by atoms with Crippen LogP contribution in [0.3, 0.4) is 0 Å². The average molecular weight is 297 g/mol. The molecule has 0 bridgehead atoms. The molecule has 0 aromatic rings. The number of hydrogen-bond donors (Lipinski definition) is 0. The fourth-order valence-electron chi connectivity index (χ4n) is 3.23. The van der Waals surface area contributed by atoms with Crippen molar-refractivity contribution in [2.45, 2.75) is 125 Å². The summed E-state index contributed by atoms with van der Waals surface area (Å²) >= 11 is 0. The fourth-order valence-corrected chi connectivity index (χ4v) is 3.23. The van der Waals surface area contributed by atoms with Gasteiger partial charge in [-0.1, -0.05) is 118 Å². The lowest BCUT2D eigenvalue weighted by Crippen LogP contribution is -2.21. The molecule has 0 N–H and O–H groups in total. The molecule has 1 atom stereocenters. The van der Waals surface area contributed by atoms with E-state index in [1.807, 2.05) is 0 Å². The summed E-state index contributed by atoms with van der Waals surface area (Å²) in [5, 5.41) is 0. The lowest BCUT2D eigenvalue weighted by molar-refractivity contribution is 0.189. The van der Waals surface area contributed by atoms with Gasteiger partial charge in [0.15, 0.2) is 0 Å². The lowest BCUT2D eigenvalue weighted by Gasteiger charge is -2.32. The Kier molecular flexibility index (Phi) is 13.6. The van der Waals surface area contributed by atoms with Gasteiger partial charge in [0.25, 0.3) is 0 Å². The van der Waals surface area contributed by atoms with Crippen LogP contribution in [0.1, 0.15) is 125 Å². The molecule has 0 aliphatic rings. The molecule has 0 spiro atoms. The molecule has 1 unspecified atom stereocenters. The highest BCUT2D eigenvalue weighted by atomic mass is 14.3. The van der Waals surface area contributed by atoms with Crippen LogP contribution in [-0.4, -0.2) is 0 Å². The van der Waals surface area contributed by atoms with Crippen molar-refractivity contribution in [3.63, 3.8) is 0 Å². The molecule has 0 radical (unpaired) electrons. The average Bonchev–Trinajstić information content (AvgIpc) is 2.46. The number of unbranched alkanes of at least 4 members (excludes halogenated alkanes) is 10. The van der Waals surface area contributed by atoms with Gasteiger partial charge in [0.05, 0.1) is 0 Å². The largest absolute Gasteiger partial charge is 0.0654 e. The highest BCUT2D eigenvalue weighted by molar-refractivity contribution is 4.75. The molecule has 0 aliphatic carbocycles. The second-order valence-electron chi connectivity index (χ2n) is 7.96. The summed E-state index contributed by atoms with van der Waals surface area (Å²) in [6.45, 7) is 12.1. The topological polar surface area (TPSA) is 0 Å². The van der Waals surface area contributed by atoms with Crippen molar-refractivity contribution in [1.29, 1.82) is 0 Å². The molecule has 0 aromatic carbocycles. The van der Waals surface area contributed by atoms with Crippen molar-refractivity contribution in [2.75, 3.05) is 0 Å². The van der Waals surface area contributed by atoms with Crippen LogP contribution in [0.25, 0.3) is 0 Å². The molecule has 21 heavy (non-hydrogen) atoms. The van der Waals surface area contributed by atoms with Gasteiger partial charge in [-0.25, -0.2) is 0 Å². The van der Waals surface area contributed by atoms with E-state index < -0.39 is 0 Å². The Hall–Kier alpha value is 0. The van der Waals surface area contributed by atoms with Gasteiger partial charge < -0.3 is 0 Å². The van der Waals surface area contributed by atoms with Crippen LogP contribution in [0.2, 0.25) is 0 Å². The van der Waals surface area contributed by atoms with E-state index in [1.54, 1.807) is 0 Å². The number of hydrogen-bond acceptors (Lipinski definition) is 0. The zero-order valence-corrected chi connectivity index (χ0v) is 16.0. The van der Waals surface area contributed by atoms with Gasteiger partial charge >= 0.3 is 0 Å². The molecule has 128 valence electrons. The van der Waals surface area contributed by atoms with Crippen LogP contribution >= 0.6 is 0 Å². The predicted molar refractivity (Wildman–Crippen MR) is 98.9 cm³/mol. The molecule has 0 fully saturated rings. The third kappa shape index (κ3) is 12.2. The Balaban J connectivity index is 3.57. The fraction of sp³-hybridized carbons (Fsp3) is 1.00. The third-order valence-corrected chi connectivity index (χ3v) is 5.50. The first-order chi connectivity index (χ1) is 10.0. The van der Waals surface area contributed by atoms with Crippen LogP contribution in [0, 0.1) is 11.3 Å². The van der Waals surface area contributed by atoms with Gasteiger partial charge in [-0.3, -0.25) is 0 Å². The van der Waals surface area contributed by atoms with Gasteiger partial charge in [-0.05, 0) is 17.8 Å². The van der Waals surface area contributed by atoms with Crippen LogP contribution in [-0.2, 0) is 0 Å². The minimum Gasteiger partial charge on any atom is -0.0654 e. The van der Waals surface area contributed by atoms with Crippen molar-refractivity contribution in [1.82, 2.24) is 0 Å². The van der Waals surface area contributed by atoms with Gasteiger partial charge in [-0.15, -0.1) is 0 Å². The van der Waals surface area contributed by atoms with Crippen molar-refractivity contribution in [2.24, 2.45) is 11.3 Å². The molecule has 0 heterocycles. The second-order valence-corrected chi connectivity index (χ2v) is 7.96. The summed E-state index contributed by atoms with van der Waals surface area (Å²) in [6, 6.07) is 0. The Bertz CT molecular complexity index is 204. The van der Waals surface area contributed by atoms with Gasteiger partial charge in [0.2, 0.25) is 0 Å². The summed E-state index contributed by atoms with van der Waals surface area (Å²) in [5.74, 6) is 0.888.